The Morgan fingerprint density at radius 2 is 2.35 bits per heavy atom. The van der Waals surface area contributed by atoms with Gasteiger partial charge in [0.2, 0.25) is 5.88 Å². The van der Waals surface area contributed by atoms with Crippen LogP contribution in [-0.4, -0.2) is 22.5 Å². The molecule has 5 nitrogen and oxygen atoms in total. The van der Waals surface area contributed by atoms with E-state index in [9.17, 15) is 4.79 Å². The van der Waals surface area contributed by atoms with Crippen molar-refractivity contribution in [1.82, 2.24) is 9.97 Å². The fraction of sp³-hybridized carbons (Fsp3) is 0.182. The molecule has 1 N–H and O–H groups in total. The maximum absolute atomic E-state index is 11.9. The van der Waals surface area contributed by atoms with E-state index in [1.165, 1.54) is 11.3 Å². The molecule has 0 aliphatic carbocycles. The summed E-state index contributed by atoms with van der Waals surface area (Å²) in [5.41, 5.74) is 0.407. The summed E-state index contributed by atoms with van der Waals surface area (Å²) in [6, 6.07) is 3.36. The highest BCUT2D eigenvalue weighted by Crippen LogP contribution is 2.17. The van der Waals surface area contributed by atoms with Gasteiger partial charge in [-0.05, 0) is 19.1 Å². The Morgan fingerprint density at radius 3 is 3.06 bits per heavy atom. The summed E-state index contributed by atoms with van der Waals surface area (Å²) >= 11 is 1.36. The summed E-state index contributed by atoms with van der Waals surface area (Å²) in [7, 11) is 0. The average molecular weight is 249 g/mol. The number of amides is 1. The van der Waals surface area contributed by atoms with Crippen LogP contribution in [-0.2, 0) is 0 Å². The Bertz CT molecular complexity index is 499. The molecule has 0 saturated heterocycles. The monoisotopic (exact) mass is 249 g/mol. The molecule has 0 aliphatic rings. The lowest BCUT2D eigenvalue weighted by atomic mass is 10.2. The van der Waals surface area contributed by atoms with E-state index in [4.69, 9.17) is 4.74 Å². The van der Waals surface area contributed by atoms with Gasteiger partial charge >= 0.3 is 0 Å². The molecule has 88 valence electrons. The highest BCUT2D eigenvalue weighted by atomic mass is 32.1. The van der Waals surface area contributed by atoms with E-state index in [0.717, 1.165) is 0 Å². The third-order valence-corrected chi connectivity index (χ3v) is 2.64. The number of aromatic nitrogens is 2. The van der Waals surface area contributed by atoms with Crippen molar-refractivity contribution in [3.8, 4) is 5.88 Å². The zero-order valence-electron chi connectivity index (χ0n) is 9.21. The van der Waals surface area contributed by atoms with Crippen molar-refractivity contribution >= 4 is 22.4 Å². The van der Waals surface area contributed by atoms with Crippen molar-refractivity contribution in [2.75, 3.05) is 11.9 Å². The maximum atomic E-state index is 11.9. The van der Waals surface area contributed by atoms with Crippen molar-refractivity contribution < 1.29 is 9.53 Å². The first-order valence-electron chi connectivity index (χ1n) is 5.10. The van der Waals surface area contributed by atoms with E-state index in [1.54, 1.807) is 29.9 Å². The van der Waals surface area contributed by atoms with Gasteiger partial charge in [-0.2, -0.15) is 0 Å². The van der Waals surface area contributed by atoms with Gasteiger partial charge < -0.3 is 4.74 Å². The smallest absolute Gasteiger partial charge is 0.262 e. The van der Waals surface area contributed by atoms with Gasteiger partial charge in [0.15, 0.2) is 5.13 Å². The van der Waals surface area contributed by atoms with E-state index in [0.29, 0.717) is 23.2 Å². The first-order valence-corrected chi connectivity index (χ1v) is 5.98. The molecule has 2 rings (SSSR count). The summed E-state index contributed by atoms with van der Waals surface area (Å²) < 4.78 is 5.29. The Balaban J connectivity index is 2.18. The Morgan fingerprint density at radius 1 is 1.47 bits per heavy atom. The number of pyridine rings is 1. The van der Waals surface area contributed by atoms with Crippen LogP contribution in [0.3, 0.4) is 0 Å². The van der Waals surface area contributed by atoms with Gasteiger partial charge in [0.1, 0.15) is 5.56 Å². The largest absolute Gasteiger partial charge is 0.477 e. The van der Waals surface area contributed by atoms with Crippen LogP contribution < -0.4 is 10.1 Å². The summed E-state index contributed by atoms with van der Waals surface area (Å²) in [4.78, 5) is 19.9. The number of nitrogens with one attached hydrogen (secondary N) is 1. The Labute approximate surface area is 102 Å². The summed E-state index contributed by atoms with van der Waals surface area (Å²) in [6.45, 7) is 2.31. The molecule has 0 unspecified atom stereocenters. The molecule has 0 aliphatic heterocycles. The molecule has 17 heavy (non-hydrogen) atoms. The molecule has 1 amide bonds. The molecule has 0 radical (unpaired) electrons. The van der Waals surface area contributed by atoms with Gasteiger partial charge in [0.25, 0.3) is 5.91 Å². The molecule has 0 spiro atoms. The summed E-state index contributed by atoms with van der Waals surface area (Å²) in [5, 5.41) is 5.04. The second kappa shape index (κ2) is 5.40. The quantitative estimate of drug-likeness (QED) is 0.902. The Hall–Kier alpha value is -1.95. The van der Waals surface area contributed by atoms with Crippen LogP contribution in [0.25, 0.3) is 0 Å². The molecule has 2 aromatic heterocycles. The molecule has 0 aromatic carbocycles. The molecular weight excluding hydrogens is 238 g/mol. The van der Waals surface area contributed by atoms with Gasteiger partial charge in [-0.25, -0.2) is 9.97 Å². The van der Waals surface area contributed by atoms with Crippen molar-refractivity contribution in [2.24, 2.45) is 0 Å². The lowest BCUT2D eigenvalue weighted by Gasteiger charge is -2.07. The molecule has 0 bridgehead atoms. The summed E-state index contributed by atoms with van der Waals surface area (Å²) in [6.07, 6.45) is 3.22. The molecule has 0 saturated carbocycles. The molecule has 2 heterocycles. The normalized spacial score (nSPS) is 9.94. The number of carbonyl (C=O) groups is 1. The van der Waals surface area contributed by atoms with Crippen LogP contribution in [0.15, 0.2) is 29.9 Å². The number of thiazole rings is 1. The minimum atomic E-state index is -0.267. The number of ether oxygens (including phenoxy) is 1. The zero-order valence-corrected chi connectivity index (χ0v) is 10.0. The minimum absolute atomic E-state index is 0.267. The molecular formula is C11H11N3O2S. The predicted molar refractivity (Wildman–Crippen MR) is 65.5 cm³/mol. The molecule has 6 heteroatoms. The van der Waals surface area contributed by atoms with Gasteiger partial charge in [-0.3, -0.25) is 10.1 Å². The number of carbonyl (C=O) groups excluding carboxylic acids is 1. The highest BCUT2D eigenvalue weighted by Gasteiger charge is 2.13. The van der Waals surface area contributed by atoms with Crippen molar-refractivity contribution in [3.05, 3.63) is 35.5 Å². The van der Waals surface area contributed by atoms with E-state index in [-0.39, 0.29) is 5.91 Å². The van der Waals surface area contributed by atoms with E-state index in [1.807, 2.05) is 6.92 Å². The fourth-order valence-electron chi connectivity index (χ4n) is 1.26. The van der Waals surface area contributed by atoms with E-state index in [2.05, 4.69) is 15.3 Å². The lowest BCUT2D eigenvalue weighted by Crippen LogP contribution is -2.14. The van der Waals surface area contributed by atoms with Crippen LogP contribution in [0.5, 0.6) is 5.88 Å². The average Bonchev–Trinajstić information content (AvgIpc) is 2.83. The number of nitrogens with zero attached hydrogens (tertiary/aromatic N) is 2. The third-order valence-electron chi connectivity index (χ3n) is 1.95. The van der Waals surface area contributed by atoms with Gasteiger partial charge in [0, 0.05) is 17.8 Å². The van der Waals surface area contributed by atoms with Crippen LogP contribution in [0, 0.1) is 0 Å². The number of rotatable bonds is 4. The first kappa shape index (κ1) is 11.5. The number of hydrogen-bond acceptors (Lipinski definition) is 5. The number of anilines is 1. The van der Waals surface area contributed by atoms with Crippen molar-refractivity contribution in [1.29, 1.82) is 0 Å². The van der Waals surface area contributed by atoms with E-state index < -0.39 is 0 Å². The van der Waals surface area contributed by atoms with Crippen LogP contribution in [0.1, 0.15) is 17.3 Å². The van der Waals surface area contributed by atoms with Crippen molar-refractivity contribution in [2.45, 2.75) is 6.92 Å². The lowest BCUT2D eigenvalue weighted by molar-refractivity contribution is 0.102. The maximum Gasteiger partial charge on any atom is 0.262 e. The van der Waals surface area contributed by atoms with Crippen LogP contribution in [0.4, 0.5) is 5.13 Å². The predicted octanol–water partition coefficient (Wildman–Crippen LogP) is 2.19. The zero-order chi connectivity index (χ0) is 12.1. The standard InChI is InChI=1S/C11H11N3O2S/c1-2-16-10-8(4-3-5-12-10)9(15)14-11-13-6-7-17-11/h3-7H,2H2,1H3,(H,13,14,15). The highest BCUT2D eigenvalue weighted by molar-refractivity contribution is 7.13. The third kappa shape index (κ3) is 2.79. The summed E-state index contributed by atoms with van der Waals surface area (Å²) in [5.74, 6) is 0.0700. The van der Waals surface area contributed by atoms with Gasteiger partial charge in [-0.1, -0.05) is 0 Å². The van der Waals surface area contributed by atoms with Gasteiger partial charge in [0.05, 0.1) is 6.61 Å². The second-order valence-corrected chi connectivity index (χ2v) is 3.98. The molecule has 0 fully saturated rings. The second-order valence-electron chi connectivity index (χ2n) is 3.08. The Kier molecular flexibility index (Phi) is 3.66. The van der Waals surface area contributed by atoms with Gasteiger partial charge in [-0.15, -0.1) is 11.3 Å². The van der Waals surface area contributed by atoms with E-state index >= 15 is 0 Å². The molecule has 0 atom stereocenters. The minimum Gasteiger partial charge on any atom is -0.477 e. The fourth-order valence-corrected chi connectivity index (χ4v) is 1.79. The molecule has 2 aromatic rings. The van der Waals surface area contributed by atoms with Crippen LogP contribution >= 0.6 is 11.3 Å². The number of hydrogen-bond donors (Lipinski definition) is 1. The van der Waals surface area contributed by atoms with Crippen LogP contribution in [0.2, 0.25) is 0 Å². The first-order chi connectivity index (χ1) is 8.31. The SMILES string of the molecule is CCOc1ncccc1C(=O)Nc1nccs1. The van der Waals surface area contributed by atoms with Crippen molar-refractivity contribution in [3.63, 3.8) is 0 Å². The topological polar surface area (TPSA) is 64.1 Å².